The zero-order chi connectivity index (χ0) is 19.7. The van der Waals surface area contributed by atoms with Crippen molar-refractivity contribution in [2.45, 2.75) is 26.7 Å². The Morgan fingerprint density at radius 3 is 2.54 bits per heavy atom. The summed E-state index contributed by atoms with van der Waals surface area (Å²) in [5.41, 5.74) is 7.99. The van der Waals surface area contributed by atoms with Crippen LogP contribution in [0.1, 0.15) is 42.0 Å². The average molecular weight is 367 g/mol. The number of aryl methyl sites for hydroxylation is 1. The minimum absolute atomic E-state index is 0.308. The van der Waals surface area contributed by atoms with Gasteiger partial charge in [-0.2, -0.15) is 0 Å². The standard InChI is InChI=1S/C26H25NO/c1-17-13-14-25(22-11-7-5-10-21(22)19(3)16-28-4)27-26-23-12-8-6-9-20(23)18(2)15-24(17)26/h5-17H,1-4H3. The molecular formula is C26H25NO. The van der Waals surface area contributed by atoms with Crippen LogP contribution in [0.2, 0.25) is 0 Å². The normalized spacial score (nSPS) is 16.5. The molecule has 0 saturated carbocycles. The smallest absolute Gasteiger partial charge is 0.0859 e. The molecule has 140 valence electrons. The van der Waals surface area contributed by atoms with Gasteiger partial charge in [0.05, 0.1) is 24.8 Å². The molecule has 0 spiro atoms. The summed E-state index contributed by atoms with van der Waals surface area (Å²) < 4.78 is 5.25. The van der Waals surface area contributed by atoms with Gasteiger partial charge in [-0.3, -0.25) is 0 Å². The third kappa shape index (κ3) is 3.16. The Balaban J connectivity index is 1.99. The monoisotopic (exact) mass is 367 g/mol. The van der Waals surface area contributed by atoms with Crippen LogP contribution in [-0.4, -0.2) is 12.8 Å². The van der Waals surface area contributed by atoms with E-state index in [0.29, 0.717) is 5.92 Å². The first-order valence-electron chi connectivity index (χ1n) is 9.68. The van der Waals surface area contributed by atoms with Crippen LogP contribution in [0.5, 0.6) is 0 Å². The van der Waals surface area contributed by atoms with Crippen LogP contribution in [0, 0.1) is 6.92 Å². The number of aliphatic imine (C=N–C) groups is 1. The highest BCUT2D eigenvalue weighted by Gasteiger charge is 2.18. The first kappa shape index (κ1) is 18.2. The number of hydrogen-bond donors (Lipinski definition) is 0. The maximum absolute atomic E-state index is 5.25. The van der Waals surface area contributed by atoms with Crippen molar-refractivity contribution in [1.82, 2.24) is 0 Å². The van der Waals surface area contributed by atoms with Gasteiger partial charge in [-0.15, -0.1) is 0 Å². The van der Waals surface area contributed by atoms with Crippen molar-refractivity contribution in [2.24, 2.45) is 4.99 Å². The lowest BCUT2D eigenvalue weighted by atomic mass is 9.92. The van der Waals surface area contributed by atoms with Crippen LogP contribution in [0.3, 0.4) is 0 Å². The SMILES string of the molecule is COC=C(C)c1ccccc1C1=Nc2c(cc(C)c3ccccc23)C(C)C=C1. The maximum Gasteiger partial charge on any atom is 0.0859 e. The molecule has 1 atom stereocenters. The van der Waals surface area contributed by atoms with Crippen molar-refractivity contribution < 1.29 is 4.74 Å². The van der Waals surface area contributed by atoms with Crippen molar-refractivity contribution in [3.63, 3.8) is 0 Å². The van der Waals surface area contributed by atoms with Gasteiger partial charge in [0, 0.05) is 16.9 Å². The lowest BCUT2D eigenvalue weighted by Gasteiger charge is -2.15. The predicted octanol–water partition coefficient (Wildman–Crippen LogP) is 6.95. The van der Waals surface area contributed by atoms with Crippen molar-refractivity contribution in [3.8, 4) is 0 Å². The van der Waals surface area contributed by atoms with Crippen molar-refractivity contribution in [3.05, 3.63) is 95.3 Å². The molecule has 0 fully saturated rings. The molecule has 1 aliphatic rings. The van der Waals surface area contributed by atoms with E-state index in [2.05, 4.69) is 87.5 Å². The van der Waals surface area contributed by atoms with Crippen LogP contribution in [0.15, 0.2) is 78.0 Å². The average Bonchev–Trinajstić information content (AvgIpc) is 2.88. The summed E-state index contributed by atoms with van der Waals surface area (Å²) in [5.74, 6) is 0.308. The number of hydrogen-bond acceptors (Lipinski definition) is 2. The molecule has 0 radical (unpaired) electrons. The van der Waals surface area contributed by atoms with Crippen LogP contribution in [0.4, 0.5) is 5.69 Å². The third-order valence-electron chi connectivity index (χ3n) is 5.44. The zero-order valence-electron chi connectivity index (χ0n) is 16.9. The zero-order valence-corrected chi connectivity index (χ0v) is 16.9. The fourth-order valence-electron chi connectivity index (χ4n) is 3.98. The number of rotatable bonds is 3. The molecule has 28 heavy (non-hydrogen) atoms. The second-order valence-corrected chi connectivity index (χ2v) is 7.40. The molecule has 2 nitrogen and oxygen atoms in total. The van der Waals surface area contributed by atoms with E-state index < -0.39 is 0 Å². The molecule has 0 aromatic heterocycles. The number of fused-ring (bicyclic) bond motifs is 3. The van der Waals surface area contributed by atoms with Crippen LogP contribution >= 0.6 is 0 Å². The van der Waals surface area contributed by atoms with E-state index in [0.717, 1.165) is 28.1 Å². The highest BCUT2D eigenvalue weighted by atomic mass is 16.5. The summed E-state index contributed by atoms with van der Waals surface area (Å²) in [4.78, 5) is 5.19. The highest BCUT2D eigenvalue weighted by molar-refractivity contribution is 6.14. The second kappa shape index (κ2) is 7.47. The molecule has 3 aromatic rings. The Morgan fingerprint density at radius 1 is 1.04 bits per heavy atom. The quantitative estimate of drug-likeness (QED) is 0.459. The minimum atomic E-state index is 0.308. The van der Waals surface area contributed by atoms with Gasteiger partial charge in [-0.1, -0.05) is 67.6 Å². The summed E-state index contributed by atoms with van der Waals surface area (Å²) in [6.45, 7) is 6.49. The molecule has 2 heteroatoms. The number of ether oxygens (including phenoxy) is 1. The lowest BCUT2D eigenvalue weighted by Crippen LogP contribution is -2.01. The first-order chi connectivity index (χ1) is 13.6. The van der Waals surface area contributed by atoms with Crippen molar-refractivity contribution in [1.29, 1.82) is 0 Å². The van der Waals surface area contributed by atoms with Crippen LogP contribution in [0.25, 0.3) is 16.3 Å². The number of allylic oxidation sites excluding steroid dienone is 3. The molecule has 0 bridgehead atoms. The Bertz CT molecular complexity index is 1130. The molecular weight excluding hydrogens is 342 g/mol. The summed E-state index contributed by atoms with van der Waals surface area (Å²) in [6.07, 6.45) is 6.20. The molecule has 0 N–H and O–H groups in total. The Labute approximate surface area is 166 Å². The summed E-state index contributed by atoms with van der Waals surface area (Å²) in [7, 11) is 1.68. The summed E-state index contributed by atoms with van der Waals surface area (Å²) in [6, 6.07) is 19.2. The van der Waals surface area contributed by atoms with Crippen molar-refractivity contribution in [2.75, 3.05) is 7.11 Å². The molecule has 1 unspecified atom stereocenters. The molecule has 0 saturated heterocycles. The van der Waals surface area contributed by atoms with Crippen LogP contribution < -0.4 is 0 Å². The van der Waals surface area contributed by atoms with E-state index in [9.17, 15) is 0 Å². The van der Waals surface area contributed by atoms with Gasteiger partial charge < -0.3 is 4.74 Å². The second-order valence-electron chi connectivity index (χ2n) is 7.40. The molecule has 3 aromatic carbocycles. The van der Waals surface area contributed by atoms with E-state index in [1.807, 2.05) is 0 Å². The summed E-state index contributed by atoms with van der Waals surface area (Å²) >= 11 is 0. The Hall–Kier alpha value is -3.13. The van der Waals surface area contributed by atoms with Gasteiger partial charge in [0.2, 0.25) is 0 Å². The Morgan fingerprint density at radius 2 is 1.75 bits per heavy atom. The highest BCUT2D eigenvalue weighted by Crippen LogP contribution is 2.39. The van der Waals surface area contributed by atoms with E-state index in [4.69, 9.17) is 9.73 Å². The fourth-order valence-corrected chi connectivity index (χ4v) is 3.98. The van der Waals surface area contributed by atoms with Crippen molar-refractivity contribution >= 4 is 27.7 Å². The number of benzene rings is 3. The maximum atomic E-state index is 5.25. The van der Waals surface area contributed by atoms with Gasteiger partial charge in [0.25, 0.3) is 0 Å². The van der Waals surface area contributed by atoms with E-state index in [1.165, 1.54) is 21.9 Å². The van der Waals surface area contributed by atoms with E-state index in [-0.39, 0.29) is 0 Å². The molecule has 1 aliphatic heterocycles. The van der Waals surface area contributed by atoms with Gasteiger partial charge in [-0.05, 0) is 47.6 Å². The minimum Gasteiger partial charge on any atom is -0.504 e. The number of nitrogens with zero attached hydrogens (tertiary/aromatic N) is 1. The fraction of sp³-hybridized carbons (Fsp3) is 0.192. The van der Waals surface area contributed by atoms with Crippen LogP contribution in [-0.2, 0) is 4.74 Å². The molecule has 0 aliphatic carbocycles. The van der Waals surface area contributed by atoms with Gasteiger partial charge >= 0.3 is 0 Å². The molecule has 4 rings (SSSR count). The summed E-state index contributed by atoms with van der Waals surface area (Å²) in [5, 5.41) is 2.48. The number of methoxy groups -OCH3 is 1. The largest absolute Gasteiger partial charge is 0.504 e. The van der Waals surface area contributed by atoms with Gasteiger partial charge in [0.15, 0.2) is 0 Å². The first-order valence-corrected chi connectivity index (χ1v) is 9.68. The molecule has 1 heterocycles. The Kier molecular flexibility index (Phi) is 4.87. The van der Waals surface area contributed by atoms with Gasteiger partial charge in [0.1, 0.15) is 0 Å². The predicted molar refractivity (Wildman–Crippen MR) is 120 cm³/mol. The van der Waals surface area contributed by atoms with Gasteiger partial charge in [-0.25, -0.2) is 4.99 Å². The molecule has 0 amide bonds. The van der Waals surface area contributed by atoms with E-state index in [1.54, 1.807) is 13.4 Å². The topological polar surface area (TPSA) is 21.6 Å². The third-order valence-corrected chi connectivity index (χ3v) is 5.44. The lowest BCUT2D eigenvalue weighted by molar-refractivity contribution is 0.339. The van der Waals surface area contributed by atoms with E-state index >= 15 is 0 Å².